The third-order valence-electron chi connectivity index (χ3n) is 3.95. The maximum absolute atomic E-state index is 12.5. The number of allylic oxidation sites excluding steroid dienone is 1. The largest absolute Gasteiger partial charge is 0.243 e. The Morgan fingerprint density at radius 2 is 1.89 bits per heavy atom. The predicted molar refractivity (Wildman–Crippen MR) is 75.4 cm³/mol. The highest BCUT2D eigenvalue weighted by Crippen LogP contribution is 2.36. The molecule has 1 aromatic carbocycles. The summed E-state index contributed by atoms with van der Waals surface area (Å²) in [6.07, 6.45) is 6.83. The smallest absolute Gasteiger partial charge is 0.207 e. The Balaban J connectivity index is 1.80. The van der Waals surface area contributed by atoms with Gasteiger partial charge in [0.05, 0.1) is 10.9 Å². The number of nitrogens with zero attached hydrogens (tertiary/aromatic N) is 1. The van der Waals surface area contributed by atoms with Crippen molar-refractivity contribution >= 4 is 10.0 Å². The van der Waals surface area contributed by atoms with Crippen molar-refractivity contribution in [2.24, 2.45) is 0 Å². The minimum absolute atomic E-state index is 0.131. The van der Waals surface area contributed by atoms with E-state index < -0.39 is 10.0 Å². The summed E-state index contributed by atoms with van der Waals surface area (Å²) in [4.78, 5) is 0.414. The van der Waals surface area contributed by atoms with Gasteiger partial charge in [0.15, 0.2) is 0 Å². The lowest BCUT2D eigenvalue weighted by Crippen LogP contribution is -2.16. The minimum Gasteiger partial charge on any atom is -0.207 e. The van der Waals surface area contributed by atoms with Gasteiger partial charge in [-0.1, -0.05) is 29.3 Å². The Bertz CT molecular complexity index is 602. The predicted octanol–water partition coefficient (Wildman–Crippen LogP) is 2.87. The Hall–Kier alpha value is -1.13. The van der Waals surface area contributed by atoms with E-state index in [1.807, 2.05) is 19.1 Å². The normalized spacial score (nSPS) is 26.9. The molecule has 1 heterocycles. The molecular formula is C15H19NO2S. The number of sulfonamides is 1. The van der Waals surface area contributed by atoms with Gasteiger partial charge in [0.2, 0.25) is 10.0 Å². The van der Waals surface area contributed by atoms with Crippen LogP contribution in [0.3, 0.4) is 0 Å². The molecule has 0 spiro atoms. The summed E-state index contributed by atoms with van der Waals surface area (Å²) < 4.78 is 26.5. The van der Waals surface area contributed by atoms with Gasteiger partial charge in [0, 0.05) is 6.54 Å². The van der Waals surface area contributed by atoms with E-state index in [0.717, 1.165) is 18.4 Å². The molecule has 2 unspecified atom stereocenters. The Morgan fingerprint density at radius 3 is 2.53 bits per heavy atom. The summed E-state index contributed by atoms with van der Waals surface area (Å²) in [5.74, 6) is 0. The number of hydrogen-bond acceptors (Lipinski definition) is 2. The number of aryl methyl sites for hydroxylation is 1. The van der Waals surface area contributed by atoms with Crippen molar-refractivity contribution in [2.75, 3.05) is 6.54 Å². The van der Waals surface area contributed by atoms with Gasteiger partial charge in [-0.05, 0) is 44.7 Å². The zero-order valence-electron chi connectivity index (χ0n) is 11.2. The van der Waals surface area contributed by atoms with Crippen molar-refractivity contribution in [2.45, 2.75) is 43.5 Å². The average molecular weight is 277 g/mol. The van der Waals surface area contributed by atoms with Crippen molar-refractivity contribution in [3.05, 3.63) is 41.5 Å². The van der Waals surface area contributed by atoms with Crippen LogP contribution in [0.2, 0.25) is 0 Å². The zero-order chi connectivity index (χ0) is 13.5. The maximum atomic E-state index is 12.5. The van der Waals surface area contributed by atoms with Crippen LogP contribution in [0.1, 0.15) is 31.2 Å². The molecule has 0 radical (unpaired) electrons. The monoisotopic (exact) mass is 277 g/mol. The molecule has 3 nitrogen and oxygen atoms in total. The molecule has 0 amide bonds. The quantitative estimate of drug-likeness (QED) is 0.629. The molecule has 0 saturated carbocycles. The van der Waals surface area contributed by atoms with E-state index in [1.54, 1.807) is 16.4 Å². The van der Waals surface area contributed by atoms with E-state index in [0.29, 0.717) is 11.4 Å². The first-order chi connectivity index (χ1) is 9.09. The van der Waals surface area contributed by atoms with E-state index in [1.165, 1.54) is 18.4 Å². The first-order valence-electron chi connectivity index (χ1n) is 6.86. The van der Waals surface area contributed by atoms with Gasteiger partial charge in [-0.2, -0.15) is 4.31 Å². The van der Waals surface area contributed by atoms with Crippen molar-refractivity contribution in [3.8, 4) is 0 Å². The standard InChI is InChI=1S/C15H19NO2S/c1-12-7-9-14(10-8-12)19(17,18)16-11-15(16)13-5-3-2-4-6-13/h5,7-10,15H,2-4,6,11H2,1H3. The second-order valence-electron chi connectivity index (χ2n) is 5.43. The van der Waals surface area contributed by atoms with Gasteiger partial charge < -0.3 is 0 Å². The van der Waals surface area contributed by atoms with Crippen LogP contribution in [-0.2, 0) is 10.0 Å². The first-order valence-corrected chi connectivity index (χ1v) is 8.30. The van der Waals surface area contributed by atoms with Crippen LogP contribution < -0.4 is 0 Å². The van der Waals surface area contributed by atoms with Gasteiger partial charge in [-0.25, -0.2) is 8.42 Å². The van der Waals surface area contributed by atoms with Gasteiger partial charge in [0.1, 0.15) is 0 Å². The summed E-state index contributed by atoms with van der Waals surface area (Å²) >= 11 is 0. The fourth-order valence-corrected chi connectivity index (χ4v) is 4.26. The van der Waals surface area contributed by atoms with Crippen LogP contribution in [0, 0.1) is 6.92 Å². The molecule has 1 aliphatic carbocycles. The second-order valence-corrected chi connectivity index (χ2v) is 7.32. The molecule has 1 aromatic rings. The van der Waals surface area contributed by atoms with E-state index in [2.05, 4.69) is 6.08 Å². The maximum Gasteiger partial charge on any atom is 0.243 e. The molecule has 2 atom stereocenters. The average Bonchev–Trinajstić information content (AvgIpc) is 3.21. The third kappa shape index (κ3) is 2.47. The van der Waals surface area contributed by atoms with E-state index >= 15 is 0 Å². The lowest BCUT2D eigenvalue weighted by atomic mass is 9.97. The molecule has 0 bridgehead atoms. The van der Waals surface area contributed by atoms with E-state index in [9.17, 15) is 8.42 Å². The molecular weight excluding hydrogens is 258 g/mol. The SMILES string of the molecule is Cc1ccc(S(=O)(=O)N2CC2C2=CCCCC2)cc1. The fourth-order valence-electron chi connectivity index (χ4n) is 2.70. The summed E-state index contributed by atoms with van der Waals surface area (Å²) in [6.45, 7) is 2.62. The van der Waals surface area contributed by atoms with Crippen LogP contribution in [0.5, 0.6) is 0 Å². The minimum atomic E-state index is -3.29. The number of rotatable bonds is 3. The highest BCUT2D eigenvalue weighted by Gasteiger charge is 2.46. The summed E-state index contributed by atoms with van der Waals surface area (Å²) in [7, 11) is -3.29. The topological polar surface area (TPSA) is 37.1 Å². The molecule has 2 aliphatic rings. The van der Waals surface area contributed by atoms with Crippen molar-refractivity contribution in [1.82, 2.24) is 4.31 Å². The van der Waals surface area contributed by atoms with Crippen LogP contribution >= 0.6 is 0 Å². The Labute approximate surface area is 115 Å². The summed E-state index contributed by atoms with van der Waals surface area (Å²) in [5.41, 5.74) is 2.40. The van der Waals surface area contributed by atoms with Gasteiger partial charge >= 0.3 is 0 Å². The van der Waals surface area contributed by atoms with Crippen molar-refractivity contribution in [3.63, 3.8) is 0 Å². The van der Waals surface area contributed by atoms with Gasteiger partial charge in [-0.3, -0.25) is 0 Å². The Kier molecular flexibility index (Phi) is 3.23. The number of hydrogen-bond donors (Lipinski definition) is 0. The molecule has 1 aliphatic heterocycles. The molecule has 19 heavy (non-hydrogen) atoms. The van der Waals surface area contributed by atoms with Gasteiger partial charge in [-0.15, -0.1) is 0 Å². The van der Waals surface area contributed by atoms with Crippen LogP contribution in [0.15, 0.2) is 40.8 Å². The zero-order valence-corrected chi connectivity index (χ0v) is 12.0. The lowest BCUT2D eigenvalue weighted by molar-refractivity contribution is 0.553. The van der Waals surface area contributed by atoms with Crippen molar-refractivity contribution < 1.29 is 8.42 Å². The summed E-state index contributed by atoms with van der Waals surface area (Å²) in [5, 5.41) is 0. The highest BCUT2D eigenvalue weighted by atomic mass is 32.2. The first kappa shape index (κ1) is 12.9. The molecule has 3 rings (SSSR count). The molecule has 4 heteroatoms. The van der Waals surface area contributed by atoms with Crippen LogP contribution in [0.4, 0.5) is 0 Å². The molecule has 0 N–H and O–H groups in total. The second kappa shape index (κ2) is 4.76. The molecule has 1 fully saturated rings. The lowest BCUT2D eigenvalue weighted by Gasteiger charge is -2.13. The van der Waals surface area contributed by atoms with Gasteiger partial charge in [0.25, 0.3) is 0 Å². The van der Waals surface area contributed by atoms with Crippen LogP contribution in [0.25, 0.3) is 0 Å². The van der Waals surface area contributed by atoms with Crippen molar-refractivity contribution in [1.29, 1.82) is 0 Å². The van der Waals surface area contributed by atoms with E-state index in [4.69, 9.17) is 0 Å². The summed E-state index contributed by atoms with van der Waals surface area (Å²) in [6, 6.07) is 7.24. The number of benzene rings is 1. The molecule has 102 valence electrons. The van der Waals surface area contributed by atoms with Crippen LogP contribution in [-0.4, -0.2) is 25.3 Å². The molecule has 0 aromatic heterocycles. The highest BCUT2D eigenvalue weighted by molar-refractivity contribution is 7.89. The third-order valence-corrected chi connectivity index (χ3v) is 5.84. The molecule has 1 saturated heterocycles. The van der Waals surface area contributed by atoms with E-state index in [-0.39, 0.29) is 6.04 Å². The fraction of sp³-hybridized carbons (Fsp3) is 0.467. The Morgan fingerprint density at radius 1 is 1.16 bits per heavy atom.